The van der Waals surface area contributed by atoms with Crippen LogP contribution in [0.15, 0.2) is 29.3 Å². The van der Waals surface area contributed by atoms with Crippen molar-refractivity contribution in [1.82, 2.24) is 20.3 Å². The molecule has 5 rings (SSSR count). The summed E-state index contributed by atoms with van der Waals surface area (Å²) in [6.07, 6.45) is -1.58. The van der Waals surface area contributed by atoms with Crippen LogP contribution in [0, 0.1) is 5.92 Å². The smallest absolute Gasteiger partial charge is 0.347 e. The van der Waals surface area contributed by atoms with Crippen molar-refractivity contribution in [3.8, 4) is 0 Å². The van der Waals surface area contributed by atoms with Gasteiger partial charge in [0.1, 0.15) is 23.5 Å². The van der Waals surface area contributed by atoms with Gasteiger partial charge in [-0.25, -0.2) is 9.97 Å². The fourth-order valence-electron chi connectivity index (χ4n) is 3.92. The molecule has 7 nitrogen and oxygen atoms in total. The maximum atomic E-state index is 12.4. The van der Waals surface area contributed by atoms with Crippen molar-refractivity contribution in [2.24, 2.45) is 5.92 Å². The molecule has 166 valence electrons. The number of amides is 1. The van der Waals surface area contributed by atoms with Gasteiger partial charge in [0.2, 0.25) is 5.91 Å². The second-order valence-electron chi connectivity index (χ2n) is 7.53. The number of anilines is 2. The molecule has 4 aromatic rings. The van der Waals surface area contributed by atoms with Gasteiger partial charge in [-0.1, -0.05) is 11.3 Å². The second-order valence-corrected chi connectivity index (χ2v) is 9.63. The molecule has 0 saturated carbocycles. The van der Waals surface area contributed by atoms with E-state index in [1.807, 2.05) is 23.5 Å². The number of thiazole rings is 1. The molecule has 0 radical (unpaired) electrons. The molecule has 3 N–H and O–H groups in total. The van der Waals surface area contributed by atoms with Gasteiger partial charge in [0.15, 0.2) is 0 Å². The number of carbonyl (C=O) groups excluding carboxylic acids is 1. The largest absolute Gasteiger partial charge is 0.405 e. The van der Waals surface area contributed by atoms with Crippen molar-refractivity contribution < 1.29 is 18.0 Å². The number of carbonyl (C=O) groups is 1. The molecule has 1 aliphatic carbocycles. The Kier molecular flexibility index (Phi) is 5.13. The van der Waals surface area contributed by atoms with Crippen molar-refractivity contribution in [3.05, 3.63) is 44.6 Å². The Morgan fingerprint density at radius 3 is 2.91 bits per heavy atom. The minimum atomic E-state index is -4.43. The molecule has 12 heteroatoms. The minimum absolute atomic E-state index is 0.123. The third kappa shape index (κ3) is 4.07. The summed E-state index contributed by atoms with van der Waals surface area (Å²) in [6, 6.07) is 5.53. The molecule has 3 aromatic heterocycles. The van der Waals surface area contributed by atoms with Gasteiger partial charge in [0, 0.05) is 16.5 Å². The Balaban J connectivity index is 1.41. The van der Waals surface area contributed by atoms with E-state index in [9.17, 15) is 22.8 Å². The molecule has 0 unspecified atom stereocenters. The van der Waals surface area contributed by atoms with Gasteiger partial charge >= 0.3 is 11.0 Å². The lowest BCUT2D eigenvalue weighted by Crippen LogP contribution is -2.39. The number of rotatable bonds is 4. The average molecular weight is 480 g/mol. The lowest BCUT2D eigenvalue weighted by molar-refractivity contribution is -0.141. The highest BCUT2D eigenvalue weighted by molar-refractivity contribution is 7.19. The van der Waals surface area contributed by atoms with E-state index in [1.165, 1.54) is 17.7 Å². The van der Waals surface area contributed by atoms with Crippen LogP contribution in [-0.4, -0.2) is 33.6 Å². The molecule has 32 heavy (non-hydrogen) atoms. The molecular formula is C20H16F3N5O2S2. The van der Waals surface area contributed by atoms with E-state index < -0.39 is 24.5 Å². The van der Waals surface area contributed by atoms with Crippen LogP contribution in [0.2, 0.25) is 0 Å². The summed E-state index contributed by atoms with van der Waals surface area (Å²) in [5.74, 6) is -0.454. The van der Waals surface area contributed by atoms with E-state index in [-0.39, 0.29) is 4.87 Å². The number of hydrogen-bond donors (Lipinski definition) is 3. The number of aromatic nitrogens is 3. The fourth-order valence-corrected chi connectivity index (χ4v) is 5.96. The number of thiophene rings is 1. The second kappa shape index (κ2) is 7.85. The molecule has 1 atom stereocenters. The highest BCUT2D eigenvalue weighted by atomic mass is 32.1. The fraction of sp³-hybridized carbons (Fsp3) is 0.300. The highest BCUT2D eigenvalue weighted by Crippen LogP contribution is 2.40. The molecule has 0 fully saturated rings. The number of aromatic amines is 1. The van der Waals surface area contributed by atoms with Crippen LogP contribution >= 0.6 is 22.7 Å². The molecule has 3 heterocycles. The van der Waals surface area contributed by atoms with Gasteiger partial charge in [-0.15, -0.1) is 11.3 Å². The first-order chi connectivity index (χ1) is 15.3. The Bertz CT molecular complexity index is 1390. The van der Waals surface area contributed by atoms with Crippen molar-refractivity contribution in [1.29, 1.82) is 0 Å². The van der Waals surface area contributed by atoms with Crippen molar-refractivity contribution >= 4 is 60.5 Å². The maximum Gasteiger partial charge on any atom is 0.405 e. The number of aryl methyl sites for hydroxylation is 1. The summed E-state index contributed by atoms with van der Waals surface area (Å²) in [7, 11) is 0. The van der Waals surface area contributed by atoms with Crippen LogP contribution < -0.4 is 15.5 Å². The summed E-state index contributed by atoms with van der Waals surface area (Å²) in [4.78, 5) is 36.9. The number of benzene rings is 1. The van der Waals surface area contributed by atoms with Crippen LogP contribution in [-0.2, 0) is 17.6 Å². The molecule has 0 saturated heterocycles. The van der Waals surface area contributed by atoms with Gasteiger partial charge < -0.3 is 15.6 Å². The normalized spacial score (nSPS) is 16.3. The van der Waals surface area contributed by atoms with Gasteiger partial charge in [-0.2, -0.15) is 13.2 Å². The summed E-state index contributed by atoms with van der Waals surface area (Å²) in [6.45, 7) is -1.32. The van der Waals surface area contributed by atoms with Gasteiger partial charge in [0.05, 0.1) is 15.6 Å². The van der Waals surface area contributed by atoms with Crippen LogP contribution in [0.4, 0.5) is 24.7 Å². The topological polar surface area (TPSA) is 99.8 Å². The van der Waals surface area contributed by atoms with Gasteiger partial charge in [-0.05, 0) is 43.0 Å². The lowest BCUT2D eigenvalue weighted by Gasteiger charge is -2.22. The third-order valence-corrected chi connectivity index (χ3v) is 7.37. The average Bonchev–Trinajstić information content (AvgIpc) is 3.30. The zero-order valence-electron chi connectivity index (χ0n) is 16.4. The Labute approximate surface area is 186 Å². The number of H-pyrrole nitrogens is 1. The quantitative estimate of drug-likeness (QED) is 0.409. The molecule has 1 aliphatic rings. The monoisotopic (exact) mass is 479 g/mol. The van der Waals surface area contributed by atoms with Crippen LogP contribution in [0.25, 0.3) is 20.4 Å². The molecule has 1 amide bonds. The molecule has 0 bridgehead atoms. The Morgan fingerprint density at radius 1 is 1.25 bits per heavy atom. The Hall–Kier alpha value is -2.99. The van der Waals surface area contributed by atoms with E-state index in [0.717, 1.165) is 47.9 Å². The van der Waals surface area contributed by atoms with Gasteiger partial charge in [0.25, 0.3) is 0 Å². The molecular weight excluding hydrogens is 463 g/mol. The number of nitrogens with one attached hydrogen (secondary N) is 3. The van der Waals surface area contributed by atoms with Crippen LogP contribution in [0.1, 0.15) is 16.9 Å². The maximum absolute atomic E-state index is 12.4. The number of hydrogen-bond acceptors (Lipinski definition) is 7. The van der Waals surface area contributed by atoms with Crippen molar-refractivity contribution in [2.75, 3.05) is 11.9 Å². The third-order valence-electron chi connectivity index (χ3n) is 5.36. The SMILES string of the molecule is O=C(NCC(F)(F)F)[C@@H]1CCc2c(sc3ncnc(Nc4ccc5[nH]c(=O)sc5c4)c23)C1. The van der Waals surface area contributed by atoms with E-state index in [2.05, 4.69) is 20.3 Å². The number of nitrogens with zero attached hydrogens (tertiary/aromatic N) is 2. The zero-order valence-corrected chi connectivity index (χ0v) is 18.0. The Morgan fingerprint density at radius 2 is 2.09 bits per heavy atom. The zero-order chi connectivity index (χ0) is 22.5. The first-order valence-electron chi connectivity index (χ1n) is 9.76. The first kappa shape index (κ1) is 20.9. The predicted molar refractivity (Wildman–Crippen MR) is 118 cm³/mol. The number of fused-ring (bicyclic) bond motifs is 4. The number of halogens is 3. The van der Waals surface area contributed by atoms with Crippen molar-refractivity contribution in [2.45, 2.75) is 25.4 Å². The van der Waals surface area contributed by atoms with Crippen LogP contribution in [0.3, 0.4) is 0 Å². The summed E-state index contributed by atoms with van der Waals surface area (Å²) in [5, 5.41) is 6.16. The summed E-state index contributed by atoms with van der Waals surface area (Å²) >= 11 is 2.56. The van der Waals surface area contributed by atoms with E-state index >= 15 is 0 Å². The first-order valence-corrected chi connectivity index (χ1v) is 11.4. The number of alkyl halides is 3. The predicted octanol–water partition coefficient (Wildman–Crippen LogP) is 4.12. The highest BCUT2D eigenvalue weighted by Gasteiger charge is 2.32. The molecule has 0 spiro atoms. The van der Waals surface area contributed by atoms with Gasteiger partial charge in [-0.3, -0.25) is 9.59 Å². The molecule has 0 aliphatic heterocycles. The lowest BCUT2D eigenvalue weighted by atomic mass is 9.87. The van der Waals surface area contributed by atoms with E-state index in [0.29, 0.717) is 25.1 Å². The van der Waals surface area contributed by atoms with Crippen molar-refractivity contribution in [3.63, 3.8) is 0 Å². The minimum Gasteiger partial charge on any atom is -0.347 e. The standard InChI is InChI=1S/C20H16F3N5O2S2/c21-20(22,23)7-24-17(29)9-1-3-11-13(5-9)31-18-15(11)16(25-8-26-18)27-10-2-4-12-14(6-10)32-19(30)28-12/h2,4,6,8-9H,1,3,5,7H2,(H,24,29)(H,28,30)(H,25,26,27)/t9-/m1/s1. The summed E-state index contributed by atoms with van der Waals surface area (Å²) < 4.78 is 38.1. The van der Waals surface area contributed by atoms with E-state index in [1.54, 1.807) is 0 Å². The summed E-state index contributed by atoms with van der Waals surface area (Å²) in [5.41, 5.74) is 2.56. The molecule has 1 aromatic carbocycles. The van der Waals surface area contributed by atoms with Crippen LogP contribution in [0.5, 0.6) is 0 Å². The van der Waals surface area contributed by atoms with E-state index in [4.69, 9.17) is 0 Å².